The lowest BCUT2D eigenvalue weighted by molar-refractivity contribution is -0.114. The molecule has 4 aromatic heterocycles. The van der Waals surface area contributed by atoms with Crippen molar-refractivity contribution in [3.63, 3.8) is 0 Å². The first-order valence-electron chi connectivity index (χ1n) is 8.80. The van der Waals surface area contributed by atoms with Crippen molar-refractivity contribution in [2.75, 3.05) is 17.1 Å². The number of pyridine rings is 1. The zero-order valence-electron chi connectivity index (χ0n) is 16.5. The fourth-order valence-electron chi connectivity index (χ4n) is 2.71. The summed E-state index contributed by atoms with van der Waals surface area (Å²) in [5, 5.41) is 4.81. The van der Waals surface area contributed by atoms with Crippen molar-refractivity contribution in [1.29, 1.82) is 0 Å². The van der Waals surface area contributed by atoms with Gasteiger partial charge in [-0.1, -0.05) is 17.4 Å². The summed E-state index contributed by atoms with van der Waals surface area (Å²) in [5.74, 6) is 0.0596. The Morgan fingerprint density at radius 1 is 1.23 bits per heavy atom. The Kier molecular flexibility index (Phi) is 5.56. The lowest BCUT2D eigenvalue weighted by Gasteiger charge is -2.11. The number of fused-ring (bicyclic) bond motifs is 1. The van der Waals surface area contributed by atoms with Gasteiger partial charge < -0.3 is 4.74 Å². The molecule has 0 saturated carbocycles. The second kappa shape index (κ2) is 8.17. The number of ether oxygens (including phenoxy) is 1. The van der Waals surface area contributed by atoms with Crippen molar-refractivity contribution in [3.8, 4) is 16.5 Å². The fraction of sp³-hybridized carbons (Fsp3) is 0.167. The van der Waals surface area contributed by atoms with E-state index in [4.69, 9.17) is 4.74 Å². The summed E-state index contributed by atoms with van der Waals surface area (Å²) >= 11 is 2.38. The van der Waals surface area contributed by atoms with Crippen LogP contribution in [0.25, 0.3) is 20.9 Å². The molecule has 13 heteroatoms. The Bertz CT molecular complexity index is 1380. The molecule has 0 radical (unpaired) electrons. The van der Waals surface area contributed by atoms with E-state index in [2.05, 4.69) is 30.0 Å². The first kappa shape index (κ1) is 21.1. The van der Waals surface area contributed by atoms with E-state index in [0.29, 0.717) is 26.6 Å². The van der Waals surface area contributed by atoms with Gasteiger partial charge in [0.2, 0.25) is 17.7 Å². The van der Waals surface area contributed by atoms with Crippen LogP contribution in [0.4, 0.5) is 11.6 Å². The highest BCUT2D eigenvalue weighted by molar-refractivity contribution is 7.94. The summed E-state index contributed by atoms with van der Waals surface area (Å²) in [6.07, 6.45) is 1.54. The second-order valence-electron chi connectivity index (χ2n) is 6.31. The van der Waals surface area contributed by atoms with E-state index in [1.165, 1.54) is 37.6 Å². The molecular weight excluding hydrogens is 460 g/mol. The predicted molar refractivity (Wildman–Crippen MR) is 119 cm³/mol. The third-order valence-electron chi connectivity index (χ3n) is 4.02. The third kappa shape index (κ3) is 4.33. The number of carbonyl (C=O) groups is 1. The van der Waals surface area contributed by atoms with Crippen LogP contribution in [0, 0.1) is 6.92 Å². The average Bonchev–Trinajstić information content (AvgIpc) is 3.38. The number of aryl methyl sites for hydroxylation is 1. The highest BCUT2D eigenvalue weighted by atomic mass is 32.2. The van der Waals surface area contributed by atoms with Crippen LogP contribution in [0.15, 0.2) is 34.0 Å². The molecule has 0 atom stereocenters. The molecule has 10 nitrogen and oxygen atoms in total. The normalized spacial score (nSPS) is 11.5. The standard InChI is InChI=1S/C18H16N6O4S3/c1-9-14-17(23-18(20-9)21-10(2)25)30-16(22-14)11-7-12(15(28-3)19-8-11)24-31(26,27)13-5-4-6-29-13/h4-8,24H,1-3H3,(H,20,21,23,25). The van der Waals surface area contributed by atoms with Gasteiger partial charge in [0.1, 0.15) is 25.3 Å². The van der Waals surface area contributed by atoms with E-state index in [-0.39, 0.29) is 27.6 Å². The SMILES string of the molecule is COc1ncc(-c2nc3c(C)nc(NC(C)=O)nc3s2)cc1NS(=O)(=O)c1cccs1. The van der Waals surface area contributed by atoms with Crippen molar-refractivity contribution < 1.29 is 17.9 Å². The Balaban J connectivity index is 1.75. The van der Waals surface area contributed by atoms with E-state index in [9.17, 15) is 13.2 Å². The van der Waals surface area contributed by atoms with Crippen LogP contribution >= 0.6 is 22.7 Å². The second-order valence-corrected chi connectivity index (χ2v) is 10.1. The van der Waals surface area contributed by atoms with E-state index in [1.807, 2.05) is 0 Å². The molecule has 160 valence electrons. The van der Waals surface area contributed by atoms with Gasteiger partial charge in [0, 0.05) is 18.7 Å². The van der Waals surface area contributed by atoms with Gasteiger partial charge in [0.15, 0.2) is 0 Å². The molecule has 0 aliphatic carbocycles. The Hall–Kier alpha value is -3.16. The highest BCUT2D eigenvalue weighted by Gasteiger charge is 2.20. The van der Waals surface area contributed by atoms with E-state index in [1.54, 1.807) is 24.4 Å². The van der Waals surface area contributed by atoms with Gasteiger partial charge in [-0.15, -0.1) is 11.3 Å². The van der Waals surface area contributed by atoms with E-state index < -0.39 is 10.0 Å². The minimum Gasteiger partial charge on any atom is -0.480 e. The number of nitrogens with one attached hydrogen (secondary N) is 2. The summed E-state index contributed by atoms with van der Waals surface area (Å²) < 4.78 is 33.2. The molecule has 4 rings (SSSR count). The number of hydrogen-bond acceptors (Lipinski definition) is 10. The maximum atomic E-state index is 12.6. The molecule has 1 amide bonds. The number of nitrogens with zero attached hydrogens (tertiary/aromatic N) is 4. The van der Waals surface area contributed by atoms with Gasteiger partial charge in [0.25, 0.3) is 10.0 Å². The predicted octanol–water partition coefficient (Wildman–Crippen LogP) is 3.29. The van der Waals surface area contributed by atoms with Crippen molar-refractivity contribution in [2.24, 2.45) is 0 Å². The molecule has 0 fully saturated rings. The molecule has 0 aliphatic rings. The van der Waals surface area contributed by atoms with Crippen LogP contribution in [-0.4, -0.2) is 41.4 Å². The number of anilines is 2. The monoisotopic (exact) mass is 476 g/mol. The molecule has 0 saturated heterocycles. The Morgan fingerprint density at radius 3 is 2.71 bits per heavy atom. The maximum absolute atomic E-state index is 12.6. The van der Waals surface area contributed by atoms with Gasteiger partial charge in [-0.25, -0.2) is 23.4 Å². The molecule has 0 bridgehead atoms. The van der Waals surface area contributed by atoms with Gasteiger partial charge in [-0.05, 0) is 24.4 Å². The van der Waals surface area contributed by atoms with E-state index >= 15 is 0 Å². The first-order chi connectivity index (χ1) is 14.8. The number of thiazole rings is 1. The zero-order chi connectivity index (χ0) is 22.2. The van der Waals surface area contributed by atoms with Gasteiger partial charge >= 0.3 is 0 Å². The molecule has 4 heterocycles. The van der Waals surface area contributed by atoms with Crippen molar-refractivity contribution >= 4 is 60.6 Å². The lowest BCUT2D eigenvalue weighted by Crippen LogP contribution is -2.12. The Morgan fingerprint density at radius 2 is 2.03 bits per heavy atom. The molecule has 0 aromatic carbocycles. The summed E-state index contributed by atoms with van der Waals surface area (Å²) in [6.45, 7) is 3.15. The van der Waals surface area contributed by atoms with E-state index in [0.717, 1.165) is 11.3 Å². The minimum atomic E-state index is -3.78. The summed E-state index contributed by atoms with van der Waals surface area (Å²) in [6, 6.07) is 4.77. The van der Waals surface area contributed by atoms with Crippen LogP contribution < -0.4 is 14.8 Å². The Labute approximate surface area is 185 Å². The number of thiophene rings is 1. The molecule has 31 heavy (non-hydrogen) atoms. The molecule has 0 aliphatic heterocycles. The highest BCUT2D eigenvalue weighted by Crippen LogP contribution is 2.35. The first-order valence-corrected chi connectivity index (χ1v) is 12.0. The average molecular weight is 477 g/mol. The number of hydrogen-bond donors (Lipinski definition) is 2. The number of amides is 1. The van der Waals surface area contributed by atoms with Crippen molar-refractivity contribution in [1.82, 2.24) is 19.9 Å². The van der Waals surface area contributed by atoms with Crippen LogP contribution in [-0.2, 0) is 14.8 Å². The fourth-order valence-corrected chi connectivity index (χ4v) is 5.72. The smallest absolute Gasteiger partial charge is 0.271 e. The molecule has 0 unspecified atom stereocenters. The van der Waals surface area contributed by atoms with Gasteiger partial charge in [0.05, 0.1) is 12.8 Å². The summed E-state index contributed by atoms with van der Waals surface area (Å²) in [4.78, 5) is 29.3. The van der Waals surface area contributed by atoms with Crippen LogP contribution in [0.2, 0.25) is 0 Å². The largest absolute Gasteiger partial charge is 0.480 e. The number of rotatable bonds is 6. The quantitative estimate of drug-likeness (QED) is 0.433. The lowest BCUT2D eigenvalue weighted by atomic mass is 10.2. The minimum absolute atomic E-state index is 0.133. The van der Waals surface area contributed by atoms with Crippen LogP contribution in [0.1, 0.15) is 12.6 Å². The van der Waals surface area contributed by atoms with Crippen molar-refractivity contribution in [2.45, 2.75) is 18.1 Å². The molecule has 0 spiro atoms. The number of carbonyl (C=O) groups excluding carboxylic acids is 1. The molecule has 4 aromatic rings. The topological polar surface area (TPSA) is 136 Å². The number of aromatic nitrogens is 4. The number of sulfonamides is 1. The van der Waals surface area contributed by atoms with Crippen LogP contribution in [0.5, 0.6) is 5.88 Å². The summed E-state index contributed by atoms with van der Waals surface area (Å²) in [7, 11) is -2.37. The zero-order valence-corrected chi connectivity index (χ0v) is 19.0. The maximum Gasteiger partial charge on any atom is 0.271 e. The van der Waals surface area contributed by atoms with Crippen molar-refractivity contribution in [3.05, 3.63) is 35.5 Å². The number of methoxy groups -OCH3 is 1. The molecular formula is C18H16N6O4S3. The van der Waals surface area contributed by atoms with Gasteiger partial charge in [-0.3, -0.25) is 14.8 Å². The molecule has 2 N–H and O–H groups in total. The third-order valence-corrected chi connectivity index (χ3v) is 7.78. The van der Waals surface area contributed by atoms with Gasteiger partial charge in [-0.2, -0.15) is 4.98 Å². The van der Waals surface area contributed by atoms with Crippen LogP contribution in [0.3, 0.4) is 0 Å². The summed E-state index contributed by atoms with van der Waals surface area (Å²) in [5.41, 5.74) is 1.96.